The highest BCUT2D eigenvalue weighted by molar-refractivity contribution is 7.90. The smallest absolute Gasteiger partial charge is 0.303 e. The lowest BCUT2D eigenvalue weighted by molar-refractivity contribution is 0.259. The first-order valence-corrected chi connectivity index (χ1v) is 8.64. The second kappa shape index (κ2) is 6.12. The molecule has 0 bridgehead atoms. The van der Waals surface area contributed by atoms with E-state index in [1.165, 1.54) is 15.6 Å². The number of anilines is 1. The lowest BCUT2D eigenvalue weighted by Crippen LogP contribution is -2.49. The van der Waals surface area contributed by atoms with E-state index in [1.807, 2.05) is 6.92 Å². The number of piperidine rings is 1. The van der Waals surface area contributed by atoms with Crippen LogP contribution in [0.25, 0.3) is 0 Å². The zero-order valence-electron chi connectivity index (χ0n) is 10.9. The summed E-state index contributed by atoms with van der Waals surface area (Å²) in [4.78, 5) is 0. The summed E-state index contributed by atoms with van der Waals surface area (Å²) in [5, 5.41) is 8.87. The number of aryl methyl sites for hydroxylation is 1. The van der Waals surface area contributed by atoms with Gasteiger partial charge in [-0.25, -0.2) is 4.72 Å². The second-order valence-electron chi connectivity index (χ2n) is 4.46. The largest absolute Gasteiger partial charge is 0.329 e. The minimum absolute atomic E-state index is 0.121. The molecule has 1 fully saturated rings. The predicted octanol–water partition coefficient (Wildman–Crippen LogP) is 0.570. The Balaban J connectivity index is 2.12. The highest BCUT2D eigenvalue weighted by Gasteiger charge is 2.32. The fourth-order valence-corrected chi connectivity index (χ4v) is 4.48. The molecule has 2 heterocycles. The molecule has 1 aromatic rings. The van der Waals surface area contributed by atoms with Crippen molar-refractivity contribution in [2.75, 3.05) is 17.8 Å². The molecule has 1 aliphatic heterocycles. The monoisotopic (exact) mass is 305 g/mol. The fraction of sp³-hybridized carbons (Fsp3) is 0.800. The Morgan fingerprint density at radius 2 is 2.26 bits per heavy atom. The summed E-state index contributed by atoms with van der Waals surface area (Å²) in [6.07, 6.45) is 3.45. The quantitative estimate of drug-likeness (QED) is 0.828. The van der Waals surface area contributed by atoms with Crippen molar-refractivity contribution in [3.8, 4) is 0 Å². The third-order valence-corrected chi connectivity index (χ3v) is 5.80. The van der Waals surface area contributed by atoms with Crippen LogP contribution < -0.4 is 10.5 Å². The summed E-state index contributed by atoms with van der Waals surface area (Å²) >= 11 is 1.26. The molecule has 0 radical (unpaired) electrons. The van der Waals surface area contributed by atoms with Gasteiger partial charge in [-0.3, -0.25) is 0 Å². The summed E-state index contributed by atoms with van der Waals surface area (Å²) in [6, 6.07) is -0.121. The number of nitrogens with zero attached hydrogens (tertiary/aromatic N) is 3. The minimum atomic E-state index is -3.58. The van der Waals surface area contributed by atoms with Crippen LogP contribution in [0.1, 0.15) is 31.2 Å². The maximum Gasteiger partial charge on any atom is 0.303 e. The van der Waals surface area contributed by atoms with E-state index >= 15 is 0 Å². The normalized spacial score (nSPS) is 21.5. The van der Waals surface area contributed by atoms with Crippen LogP contribution in [-0.4, -0.2) is 42.1 Å². The number of nitrogens with one attached hydrogen (secondary N) is 1. The molecule has 0 amide bonds. The van der Waals surface area contributed by atoms with Gasteiger partial charge >= 0.3 is 10.2 Å². The third kappa shape index (κ3) is 3.41. The van der Waals surface area contributed by atoms with Crippen molar-refractivity contribution in [3.05, 3.63) is 5.01 Å². The Hall–Kier alpha value is -0.770. The van der Waals surface area contributed by atoms with E-state index in [4.69, 9.17) is 5.73 Å². The van der Waals surface area contributed by atoms with Crippen molar-refractivity contribution >= 4 is 26.7 Å². The first kappa shape index (κ1) is 14.6. The van der Waals surface area contributed by atoms with E-state index in [1.54, 1.807) is 0 Å². The summed E-state index contributed by atoms with van der Waals surface area (Å²) in [6.45, 7) is 2.81. The molecular weight excluding hydrogens is 286 g/mol. The van der Waals surface area contributed by atoms with Crippen LogP contribution >= 0.6 is 11.3 Å². The molecule has 7 nitrogen and oxygen atoms in total. The van der Waals surface area contributed by atoms with Gasteiger partial charge in [-0.05, 0) is 19.3 Å². The zero-order chi connectivity index (χ0) is 13.9. The molecular formula is C10H19N5O2S2. The Labute approximate surface area is 117 Å². The molecule has 0 aliphatic carbocycles. The lowest BCUT2D eigenvalue weighted by Gasteiger charge is -2.33. The average molecular weight is 305 g/mol. The summed E-state index contributed by atoms with van der Waals surface area (Å²) in [7, 11) is -3.58. The molecule has 2 rings (SSSR count). The number of rotatable bonds is 5. The van der Waals surface area contributed by atoms with Gasteiger partial charge in [-0.15, -0.1) is 10.2 Å². The Bertz CT molecular complexity index is 516. The van der Waals surface area contributed by atoms with Gasteiger partial charge in [0.2, 0.25) is 5.13 Å². The van der Waals surface area contributed by atoms with Gasteiger partial charge in [0, 0.05) is 19.1 Å². The van der Waals surface area contributed by atoms with E-state index in [-0.39, 0.29) is 6.04 Å². The molecule has 3 N–H and O–H groups in total. The fourth-order valence-electron chi connectivity index (χ4n) is 2.13. The van der Waals surface area contributed by atoms with E-state index in [2.05, 4.69) is 14.9 Å². The Morgan fingerprint density at radius 3 is 2.89 bits per heavy atom. The van der Waals surface area contributed by atoms with Gasteiger partial charge in [-0.1, -0.05) is 24.7 Å². The van der Waals surface area contributed by atoms with Crippen molar-refractivity contribution < 1.29 is 8.42 Å². The van der Waals surface area contributed by atoms with Crippen LogP contribution in [0.3, 0.4) is 0 Å². The van der Waals surface area contributed by atoms with E-state index in [9.17, 15) is 8.42 Å². The standard InChI is InChI=1S/C10H19N5O2S2/c1-2-9-12-13-10(18-9)14-19(16,17)15-6-4-3-5-8(15)7-11/h8H,2-7,11H2,1H3,(H,13,14). The van der Waals surface area contributed by atoms with Crippen molar-refractivity contribution in [1.82, 2.24) is 14.5 Å². The zero-order valence-corrected chi connectivity index (χ0v) is 12.5. The molecule has 0 spiro atoms. The Kier molecular flexibility index (Phi) is 4.71. The molecule has 0 saturated carbocycles. The minimum Gasteiger partial charge on any atom is -0.329 e. The average Bonchev–Trinajstić information content (AvgIpc) is 2.85. The van der Waals surface area contributed by atoms with E-state index in [0.717, 1.165) is 30.7 Å². The summed E-state index contributed by atoms with van der Waals surface area (Å²) in [5.74, 6) is 0. The van der Waals surface area contributed by atoms with E-state index in [0.29, 0.717) is 18.2 Å². The van der Waals surface area contributed by atoms with Gasteiger partial charge in [0.25, 0.3) is 0 Å². The van der Waals surface area contributed by atoms with Crippen LogP contribution in [0.5, 0.6) is 0 Å². The Morgan fingerprint density at radius 1 is 1.47 bits per heavy atom. The molecule has 108 valence electrons. The molecule has 0 aromatic carbocycles. The highest BCUT2D eigenvalue weighted by atomic mass is 32.2. The maximum atomic E-state index is 12.3. The predicted molar refractivity (Wildman–Crippen MR) is 75.2 cm³/mol. The molecule has 1 aromatic heterocycles. The summed E-state index contributed by atoms with van der Waals surface area (Å²) in [5.41, 5.74) is 5.65. The SMILES string of the molecule is CCc1nnc(NS(=O)(=O)N2CCCCC2CN)s1. The van der Waals surface area contributed by atoms with Gasteiger partial charge in [0.05, 0.1) is 0 Å². The van der Waals surface area contributed by atoms with Crippen molar-refractivity contribution in [1.29, 1.82) is 0 Å². The van der Waals surface area contributed by atoms with Gasteiger partial charge in [0.1, 0.15) is 5.01 Å². The first-order chi connectivity index (χ1) is 9.06. The summed E-state index contributed by atoms with van der Waals surface area (Å²) < 4.78 is 28.6. The van der Waals surface area contributed by atoms with Crippen molar-refractivity contribution in [3.63, 3.8) is 0 Å². The van der Waals surface area contributed by atoms with Gasteiger partial charge in [-0.2, -0.15) is 12.7 Å². The number of hydrogen-bond acceptors (Lipinski definition) is 6. The molecule has 9 heteroatoms. The van der Waals surface area contributed by atoms with Crippen LogP contribution in [0, 0.1) is 0 Å². The highest BCUT2D eigenvalue weighted by Crippen LogP contribution is 2.23. The van der Waals surface area contributed by atoms with Gasteiger partial charge in [0.15, 0.2) is 0 Å². The third-order valence-electron chi connectivity index (χ3n) is 3.14. The molecule has 1 aliphatic rings. The maximum absolute atomic E-state index is 12.3. The van der Waals surface area contributed by atoms with E-state index < -0.39 is 10.2 Å². The molecule has 1 atom stereocenters. The number of hydrogen-bond donors (Lipinski definition) is 2. The molecule has 1 saturated heterocycles. The van der Waals surface area contributed by atoms with Crippen LogP contribution in [0.4, 0.5) is 5.13 Å². The molecule has 19 heavy (non-hydrogen) atoms. The molecule has 1 unspecified atom stereocenters. The van der Waals surface area contributed by atoms with Crippen LogP contribution in [0.15, 0.2) is 0 Å². The second-order valence-corrected chi connectivity index (χ2v) is 7.14. The number of aromatic nitrogens is 2. The first-order valence-electron chi connectivity index (χ1n) is 6.39. The van der Waals surface area contributed by atoms with Gasteiger partial charge < -0.3 is 5.73 Å². The number of nitrogens with two attached hydrogens (primary N) is 1. The van der Waals surface area contributed by atoms with Crippen molar-refractivity contribution in [2.24, 2.45) is 5.73 Å². The van der Waals surface area contributed by atoms with Crippen molar-refractivity contribution in [2.45, 2.75) is 38.6 Å². The lowest BCUT2D eigenvalue weighted by atomic mass is 10.1. The van der Waals surface area contributed by atoms with Crippen LogP contribution in [-0.2, 0) is 16.6 Å². The topological polar surface area (TPSA) is 101 Å². The van der Waals surface area contributed by atoms with Crippen LogP contribution in [0.2, 0.25) is 0 Å².